The van der Waals surface area contributed by atoms with Crippen LogP contribution >= 0.6 is 0 Å². The fourth-order valence-corrected chi connectivity index (χ4v) is 4.05. The first-order valence-electron chi connectivity index (χ1n) is 12.3. The lowest BCUT2D eigenvalue weighted by atomic mass is 9.92. The van der Waals surface area contributed by atoms with Gasteiger partial charge in [0.1, 0.15) is 5.75 Å². The van der Waals surface area contributed by atoms with E-state index in [1.807, 2.05) is 60.7 Å². The van der Waals surface area contributed by atoms with Crippen molar-refractivity contribution in [2.45, 2.75) is 43.9 Å². The number of phenolic OH excluding ortho intramolecular Hbond substituents is 1. The number of aliphatic hydroxyl groups excluding tert-OH is 2. The van der Waals surface area contributed by atoms with E-state index in [1.165, 1.54) is 0 Å². The molecule has 0 aliphatic carbocycles. The van der Waals surface area contributed by atoms with Crippen molar-refractivity contribution in [2.75, 3.05) is 6.54 Å². The van der Waals surface area contributed by atoms with Crippen molar-refractivity contribution in [2.24, 2.45) is 11.7 Å². The highest BCUT2D eigenvalue weighted by Gasteiger charge is 2.25. The molecule has 4 atom stereocenters. The van der Waals surface area contributed by atoms with Crippen molar-refractivity contribution in [3.8, 4) is 5.75 Å². The minimum Gasteiger partial charge on any atom is -0.508 e. The fraction of sp³-hybridized carbons (Fsp3) is 0.300. The van der Waals surface area contributed by atoms with Gasteiger partial charge >= 0.3 is 0 Å². The number of hydrogen-bond donors (Lipinski definition) is 5. The molecule has 6 nitrogen and oxygen atoms in total. The summed E-state index contributed by atoms with van der Waals surface area (Å²) in [6.07, 6.45) is 3.25. The van der Waals surface area contributed by atoms with E-state index in [0.717, 1.165) is 16.7 Å². The second-order valence-electron chi connectivity index (χ2n) is 9.08. The van der Waals surface area contributed by atoms with E-state index < -0.39 is 24.2 Å². The number of aliphatic hydroxyl groups is 2. The van der Waals surface area contributed by atoms with Gasteiger partial charge in [0.05, 0.1) is 18.1 Å². The molecule has 0 bridgehead atoms. The molecular formula is C30H36N2O4. The van der Waals surface area contributed by atoms with Crippen LogP contribution in [0, 0.1) is 5.92 Å². The zero-order valence-electron chi connectivity index (χ0n) is 20.4. The van der Waals surface area contributed by atoms with Gasteiger partial charge in [-0.05, 0) is 54.5 Å². The summed E-state index contributed by atoms with van der Waals surface area (Å²) < 4.78 is 0. The summed E-state index contributed by atoms with van der Waals surface area (Å²) in [6.45, 7) is 0.482. The minimum atomic E-state index is -1.01. The minimum absolute atomic E-state index is 0.180. The number of amides is 1. The first-order valence-corrected chi connectivity index (χ1v) is 12.3. The van der Waals surface area contributed by atoms with Gasteiger partial charge < -0.3 is 26.4 Å². The van der Waals surface area contributed by atoms with E-state index in [2.05, 4.69) is 5.32 Å². The molecule has 0 spiro atoms. The van der Waals surface area contributed by atoms with Crippen LogP contribution in [0.15, 0.2) is 97.1 Å². The molecule has 3 rings (SSSR count). The molecule has 0 heterocycles. The lowest BCUT2D eigenvalue weighted by molar-refractivity contribution is -0.127. The highest BCUT2D eigenvalue weighted by molar-refractivity contribution is 5.79. The van der Waals surface area contributed by atoms with E-state index in [-0.39, 0.29) is 18.1 Å². The molecule has 0 aromatic heterocycles. The molecule has 0 radical (unpaired) electrons. The third-order valence-corrected chi connectivity index (χ3v) is 6.22. The van der Waals surface area contributed by atoms with E-state index >= 15 is 0 Å². The van der Waals surface area contributed by atoms with Crippen LogP contribution in [0.2, 0.25) is 0 Å². The number of nitrogens with one attached hydrogen (secondary N) is 1. The maximum Gasteiger partial charge on any atom is 0.226 e. The summed E-state index contributed by atoms with van der Waals surface area (Å²) in [5.41, 5.74) is 9.16. The summed E-state index contributed by atoms with van der Waals surface area (Å²) >= 11 is 0. The monoisotopic (exact) mass is 488 g/mol. The van der Waals surface area contributed by atoms with Crippen LogP contribution in [0.1, 0.15) is 23.1 Å². The second-order valence-corrected chi connectivity index (χ2v) is 9.08. The molecule has 3 aromatic rings. The summed E-state index contributed by atoms with van der Waals surface area (Å²) in [4.78, 5) is 13.0. The topological polar surface area (TPSA) is 116 Å². The molecule has 0 saturated heterocycles. The Bertz CT molecular complexity index is 1070. The van der Waals surface area contributed by atoms with Crippen LogP contribution in [0.4, 0.5) is 0 Å². The number of carbonyl (C=O) groups excluding carboxylic acids is 1. The van der Waals surface area contributed by atoms with E-state index in [9.17, 15) is 20.1 Å². The van der Waals surface area contributed by atoms with Crippen molar-refractivity contribution in [1.29, 1.82) is 0 Å². The van der Waals surface area contributed by atoms with Crippen molar-refractivity contribution >= 4 is 5.91 Å². The highest BCUT2D eigenvalue weighted by Crippen LogP contribution is 2.16. The van der Waals surface area contributed by atoms with Gasteiger partial charge in [0.2, 0.25) is 5.91 Å². The third-order valence-electron chi connectivity index (χ3n) is 6.22. The number of rotatable bonds is 13. The highest BCUT2D eigenvalue weighted by atomic mass is 16.3. The number of hydrogen-bond acceptors (Lipinski definition) is 5. The normalized spacial score (nSPS) is 14.8. The van der Waals surface area contributed by atoms with Crippen LogP contribution in [-0.2, 0) is 24.1 Å². The summed E-state index contributed by atoms with van der Waals surface area (Å²) in [5.74, 6) is -0.697. The molecule has 3 aromatic carbocycles. The molecule has 6 heteroatoms. The average Bonchev–Trinajstić information content (AvgIpc) is 2.89. The number of carbonyl (C=O) groups is 1. The molecular weight excluding hydrogens is 452 g/mol. The van der Waals surface area contributed by atoms with Crippen LogP contribution in [0.25, 0.3) is 0 Å². The molecule has 1 amide bonds. The average molecular weight is 489 g/mol. The number of aromatic hydroxyl groups is 1. The summed E-state index contributed by atoms with van der Waals surface area (Å²) in [7, 11) is 0. The summed E-state index contributed by atoms with van der Waals surface area (Å²) in [5, 5.41) is 33.7. The van der Waals surface area contributed by atoms with Crippen LogP contribution in [-0.4, -0.2) is 46.0 Å². The predicted octanol–water partition coefficient (Wildman–Crippen LogP) is 3.15. The maximum atomic E-state index is 13.0. The van der Waals surface area contributed by atoms with Crippen molar-refractivity contribution in [1.82, 2.24) is 5.32 Å². The molecule has 0 fully saturated rings. The lowest BCUT2D eigenvalue weighted by Crippen LogP contribution is -2.39. The molecule has 36 heavy (non-hydrogen) atoms. The Morgan fingerprint density at radius 2 is 1.42 bits per heavy atom. The Morgan fingerprint density at radius 1 is 0.833 bits per heavy atom. The van der Waals surface area contributed by atoms with Crippen LogP contribution < -0.4 is 11.1 Å². The van der Waals surface area contributed by atoms with E-state index in [4.69, 9.17) is 5.73 Å². The third kappa shape index (κ3) is 8.96. The van der Waals surface area contributed by atoms with E-state index in [1.54, 1.807) is 36.4 Å². The van der Waals surface area contributed by atoms with Gasteiger partial charge in [0.25, 0.3) is 0 Å². The zero-order valence-corrected chi connectivity index (χ0v) is 20.4. The van der Waals surface area contributed by atoms with Gasteiger partial charge in [0, 0.05) is 12.6 Å². The molecule has 0 unspecified atom stereocenters. The fourth-order valence-electron chi connectivity index (χ4n) is 4.05. The van der Waals surface area contributed by atoms with Crippen molar-refractivity contribution in [3.63, 3.8) is 0 Å². The Labute approximate surface area is 213 Å². The first kappa shape index (κ1) is 27.1. The smallest absolute Gasteiger partial charge is 0.226 e. The maximum absolute atomic E-state index is 13.0. The lowest BCUT2D eigenvalue weighted by Gasteiger charge is -2.21. The van der Waals surface area contributed by atoms with Crippen LogP contribution in [0.5, 0.6) is 5.75 Å². The number of benzene rings is 3. The molecule has 0 aliphatic rings. The zero-order chi connectivity index (χ0) is 25.8. The molecule has 0 aliphatic heterocycles. The van der Waals surface area contributed by atoms with Gasteiger partial charge in [-0.15, -0.1) is 0 Å². The Morgan fingerprint density at radius 3 is 2.06 bits per heavy atom. The predicted molar refractivity (Wildman–Crippen MR) is 142 cm³/mol. The standard InChI is InChI=1S/C30H36N2O4/c31-27(21-24-14-16-25(33)17-15-24)29(35)13-7-12-28(34)26(20-23-10-5-2-6-11-23)30(36)32-19-18-22-8-3-1-4-9-22/h1-12,14-17,26-29,33-35H,13,18-21,31H2,(H,32,36)/b12-7+/t26-,27+,28-,29+/m1/s1. The van der Waals surface area contributed by atoms with Crippen molar-refractivity contribution in [3.05, 3.63) is 114 Å². The molecule has 0 saturated carbocycles. The Hall–Kier alpha value is -3.45. The van der Waals surface area contributed by atoms with Gasteiger partial charge in [-0.1, -0.05) is 84.9 Å². The largest absolute Gasteiger partial charge is 0.508 e. The van der Waals surface area contributed by atoms with Crippen LogP contribution in [0.3, 0.4) is 0 Å². The van der Waals surface area contributed by atoms with Gasteiger partial charge in [-0.25, -0.2) is 0 Å². The quantitative estimate of drug-likeness (QED) is 0.237. The number of phenols is 1. The van der Waals surface area contributed by atoms with Gasteiger partial charge in [0.15, 0.2) is 0 Å². The molecule has 6 N–H and O–H groups in total. The van der Waals surface area contributed by atoms with Crippen molar-refractivity contribution < 1.29 is 20.1 Å². The van der Waals surface area contributed by atoms with E-state index in [0.29, 0.717) is 25.8 Å². The first-order chi connectivity index (χ1) is 17.4. The second kappa shape index (κ2) is 14.2. The Kier molecular flexibility index (Phi) is 10.7. The van der Waals surface area contributed by atoms with Gasteiger partial charge in [-0.3, -0.25) is 4.79 Å². The summed E-state index contributed by atoms with van der Waals surface area (Å²) in [6, 6.07) is 25.7. The molecule has 190 valence electrons. The Balaban J connectivity index is 1.56. The van der Waals surface area contributed by atoms with Gasteiger partial charge in [-0.2, -0.15) is 0 Å². The SMILES string of the molecule is N[C@@H](Cc1ccc(O)cc1)[C@@H](O)C/C=C/[C@@H](O)[C@@H](Cc1ccccc1)C(=O)NCCc1ccccc1. The number of nitrogens with two attached hydrogens (primary N) is 1.